The lowest BCUT2D eigenvalue weighted by atomic mass is 10.1. The van der Waals surface area contributed by atoms with E-state index >= 15 is 0 Å². The molecule has 37 heavy (non-hydrogen) atoms. The predicted molar refractivity (Wildman–Crippen MR) is 143 cm³/mol. The molecule has 2 saturated heterocycles. The first-order chi connectivity index (χ1) is 17.9. The molecular weight excluding hydrogens is 494 g/mol. The Morgan fingerprint density at radius 3 is 2.59 bits per heavy atom. The summed E-state index contributed by atoms with van der Waals surface area (Å²) in [5.74, 6) is 0.849. The van der Waals surface area contributed by atoms with Gasteiger partial charge in [-0.1, -0.05) is 0 Å². The lowest BCUT2D eigenvalue weighted by Crippen LogP contribution is -2.50. The maximum absolute atomic E-state index is 12.2. The van der Waals surface area contributed by atoms with Crippen molar-refractivity contribution in [2.45, 2.75) is 26.5 Å². The van der Waals surface area contributed by atoms with Gasteiger partial charge < -0.3 is 30.1 Å². The summed E-state index contributed by atoms with van der Waals surface area (Å²) in [6.45, 7) is 9.77. The minimum absolute atomic E-state index is 0.211. The molecular formula is C25H33N7O4S. The molecule has 0 aromatic carbocycles. The summed E-state index contributed by atoms with van der Waals surface area (Å²) in [6.07, 6.45) is 0.775. The van der Waals surface area contributed by atoms with Crippen molar-refractivity contribution in [3.8, 4) is 17.1 Å². The van der Waals surface area contributed by atoms with Crippen LogP contribution in [0.5, 0.6) is 5.88 Å². The van der Waals surface area contributed by atoms with E-state index in [9.17, 15) is 9.90 Å². The van der Waals surface area contributed by atoms with Gasteiger partial charge in [0, 0.05) is 68.0 Å². The van der Waals surface area contributed by atoms with Crippen LogP contribution in [0.4, 0.5) is 11.6 Å². The van der Waals surface area contributed by atoms with Crippen molar-refractivity contribution >= 4 is 39.1 Å². The van der Waals surface area contributed by atoms with Gasteiger partial charge in [-0.3, -0.25) is 9.69 Å². The molecule has 1 amide bonds. The third-order valence-corrected chi connectivity index (χ3v) is 8.03. The number of piperazine rings is 1. The highest BCUT2D eigenvalue weighted by Crippen LogP contribution is 2.39. The minimum atomic E-state index is -0.968. The van der Waals surface area contributed by atoms with Crippen LogP contribution in [0.2, 0.25) is 0 Å². The van der Waals surface area contributed by atoms with Crippen molar-refractivity contribution < 1.29 is 19.4 Å². The van der Waals surface area contributed by atoms with Gasteiger partial charge in [-0.2, -0.15) is 0 Å². The van der Waals surface area contributed by atoms with Gasteiger partial charge in [0.2, 0.25) is 11.8 Å². The number of aryl methyl sites for hydroxylation is 1. The van der Waals surface area contributed by atoms with E-state index in [0.29, 0.717) is 43.8 Å². The summed E-state index contributed by atoms with van der Waals surface area (Å²) in [7, 11) is 1.55. The summed E-state index contributed by atoms with van der Waals surface area (Å²) in [5, 5.41) is 9.65. The fraction of sp³-hybridized carbons (Fsp3) is 0.520. The van der Waals surface area contributed by atoms with E-state index in [1.807, 2.05) is 6.07 Å². The molecule has 0 aliphatic carbocycles. The fourth-order valence-electron chi connectivity index (χ4n) is 4.79. The largest absolute Gasteiger partial charge is 0.480 e. The number of carbonyl (C=O) groups is 1. The standard InChI is InChI=1S/C25H33N7O4S/c1-15(33)24(34)31-6-4-30(5-7-31)14-18-16(2)37-22-20(17-12-19(26)23(35-3)27-13-17)28-25(29-21(18)22)32-8-10-36-11-9-32/h12-13,15,33H,4-11,14,26H2,1-3H3/t15-/m1/s1. The SMILES string of the molecule is COc1ncc(-c2nc(N3CCOCC3)nc3c(CN4CCN(C(=O)[C@@H](C)O)CC4)c(C)sc23)cc1N. The molecule has 12 heteroatoms. The van der Waals surface area contributed by atoms with Gasteiger partial charge in [0.05, 0.1) is 41.9 Å². The maximum Gasteiger partial charge on any atom is 0.251 e. The normalized spacial score (nSPS) is 17.8. The molecule has 0 spiro atoms. The van der Waals surface area contributed by atoms with Gasteiger partial charge in [-0.05, 0) is 19.9 Å². The number of nitrogen functional groups attached to an aromatic ring is 1. The smallest absolute Gasteiger partial charge is 0.251 e. The molecule has 5 rings (SSSR count). The first-order valence-corrected chi connectivity index (χ1v) is 13.3. The molecule has 0 radical (unpaired) electrons. The molecule has 2 aliphatic rings. The Morgan fingerprint density at radius 2 is 1.95 bits per heavy atom. The summed E-state index contributed by atoms with van der Waals surface area (Å²) >= 11 is 1.68. The van der Waals surface area contributed by atoms with Crippen LogP contribution in [-0.4, -0.2) is 101 Å². The number of carbonyl (C=O) groups excluding carboxylic acids is 1. The number of methoxy groups -OCH3 is 1. The number of nitrogens with zero attached hydrogens (tertiary/aromatic N) is 6. The second-order valence-corrected chi connectivity index (χ2v) is 10.6. The number of thiophene rings is 1. The molecule has 2 aliphatic heterocycles. The molecule has 0 bridgehead atoms. The number of aromatic nitrogens is 3. The average Bonchev–Trinajstić information content (AvgIpc) is 3.23. The number of fused-ring (bicyclic) bond motifs is 1. The Kier molecular flexibility index (Phi) is 7.43. The molecule has 3 aromatic heterocycles. The van der Waals surface area contributed by atoms with Crippen LogP contribution < -0.4 is 15.4 Å². The van der Waals surface area contributed by atoms with Crippen LogP contribution in [0.15, 0.2) is 12.3 Å². The zero-order chi connectivity index (χ0) is 26.1. The highest BCUT2D eigenvalue weighted by atomic mass is 32.1. The number of nitrogens with two attached hydrogens (primary N) is 1. The first kappa shape index (κ1) is 25.6. The lowest BCUT2D eigenvalue weighted by molar-refractivity contribution is -0.141. The molecule has 3 aromatic rings. The highest BCUT2D eigenvalue weighted by molar-refractivity contribution is 7.19. The number of anilines is 2. The topological polar surface area (TPSA) is 130 Å². The second-order valence-electron chi connectivity index (χ2n) is 9.39. The first-order valence-electron chi connectivity index (χ1n) is 12.5. The second kappa shape index (κ2) is 10.7. The zero-order valence-electron chi connectivity index (χ0n) is 21.4. The summed E-state index contributed by atoms with van der Waals surface area (Å²) in [6, 6.07) is 1.85. The highest BCUT2D eigenvalue weighted by Gasteiger charge is 2.27. The number of aliphatic hydroxyl groups excluding tert-OH is 1. The van der Waals surface area contributed by atoms with E-state index in [-0.39, 0.29) is 5.91 Å². The number of morpholine rings is 1. The number of ether oxygens (including phenoxy) is 2. The quantitative estimate of drug-likeness (QED) is 0.486. The number of rotatable bonds is 6. The van der Waals surface area contributed by atoms with Crippen LogP contribution >= 0.6 is 11.3 Å². The summed E-state index contributed by atoms with van der Waals surface area (Å²) in [5.41, 5.74) is 10.4. The molecule has 0 unspecified atom stereocenters. The van der Waals surface area contributed by atoms with Crippen molar-refractivity contribution in [1.29, 1.82) is 0 Å². The van der Waals surface area contributed by atoms with Gasteiger partial charge in [0.15, 0.2) is 0 Å². The number of aliphatic hydroxyl groups is 1. The fourth-order valence-corrected chi connectivity index (χ4v) is 5.91. The van der Waals surface area contributed by atoms with Crippen molar-refractivity contribution in [2.75, 3.05) is 70.2 Å². The average molecular weight is 528 g/mol. The Morgan fingerprint density at radius 1 is 1.22 bits per heavy atom. The third-order valence-electron chi connectivity index (χ3n) is 6.88. The number of hydrogen-bond donors (Lipinski definition) is 2. The van der Waals surface area contributed by atoms with E-state index in [1.165, 1.54) is 17.4 Å². The monoisotopic (exact) mass is 527 g/mol. The molecule has 3 N–H and O–H groups in total. The van der Waals surface area contributed by atoms with E-state index < -0.39 is 6.10 Å². The third kappa shape index (κ3) is 5.19. The number of hydrogen-bond acceptors (Lipinski definition) is 11. The minimum Gasteiger partial charge on any atom is -0.480 e. The Bertz CT molecular complexity index is 1280. The van der Waals surface area contributed by atoms with Gasteiger partial charge in [0.25, 0.3) is 5.91 Å². The van der Waals surface area contributed by atoms with Crippen LogP contribution in [0, 0.1) is 6.92 Å². The molecule has 0 saturated carbocycles. The zero-order valence-corrected chi connectivity index (χ0v) is 22.3. The van der Waals surface area contributed by atoms with Crippen molar-refractivity contribution in [3.63, 3.8) is 0 Å². The van der Waals surface area contributed by atoms with Crippen LogP contribution in [0.25, 0.3) is 21.5 Å². The lowest BCUT2D eigenvalue weighted by Gasteiger charge is -2.35. The molecule has 2 fully saturated rings. The summed E-state index contributed by atoms with van der Waals surface area (Å²) in [4.78, 5) is 34.0. The van der Waals surface area contributed by atoms with Crippen LogP contribution in [0.3, 0.4) is 0 Å². The van der Waals surface area contributed by atoms with E-state index in [4.69, 9.17) is 25.2 Å². The molecule has 1 atom stereocenters. The van der Waals surface area contributed by atoms with Crippen molar-refractivity contribution in [3.05, 3.63) is 22.7 Å². The Balaban J connectivity index is 1.51. The molecule has 198 valence electrons. The molecule has 5 heterocycles. The number of amides is 1. The van der Waals surface area contributed by atoms with Gasteiger partial charge >= 0.3 is 0 Å². The van der Waals surface area contributed by atoms with E-state index in [1.54, 1.807) is 29.5 Å². The van der Waals surface area contributed by atoms with Crippen LogP contribution in [-0.2, 0) is 16.1 Å². The molecule has 11 nitrogen and oxygen atoms in total. The van der Waals surface area contributed by atoms with Gasteiger partial charge in [-0.15, -0.1) is 11.3 Å². The Hall–Kier alpha value is -3.06. The maximum atomic E-state index is 12.2. The Labute approximate surface area is 219 Å². The van der Waals surface area contributed by atoms with Gasteiger partial charge in [-0.25, -0.2) is 15.0 Å². The van der Waals surface area contributed by atoms with Crippen molar-refractivity contribution in [1.82, 2.24) is 24.8 Å². The van der Waals surface area contributed by atoms with Crippen LogP contribution in [0.1, 0.15) is 17.4 Å². The van der Waals surface area contributed by atoms with Crippen molar-refractivity contribution in [2.24, 2.45) is 0 Å². The summed E-state index contributed by atoms with van der Waals surface area (Å²) < 4.78 is 11.8. The van der Waals surface area contributed by atoms with Gasteiger partial charge in [0.1, 0.15) is 6.10 Å². The number of pyridine rings is 1. The van der Waals surface area contributed by atoms with E-state index in [0.717, 1.165) is 54.2 Å². The van der Waals surface area contributed by atoms with E-state index in [2.05, 4.69) is 21.7 Å². The predicted octanol–water partition coefficient (Wildman–Crippen LogP) is 1.51.